The first-order valence-electron chi connectivity index (χ1n) is 9.16. The van der Waals surface area contributed by atoms with Crippen molar-refractivity contribution in [3.63, 3.8) is 0 Å². The van der Waals surface area contributed by atoms with Crippen LogP contribution in [0.1, 0.15) is 31.9 Å². The van der Waals surface area contributed by atoms with Gasteiger partial charge in [0.15, 0.2) is 5.79 Å². The Hall–Kier alpha value is -1.72. The van der Waals surface area contributed by atoms with Gasteiger partial charge in [-0.3, -0.25) is 0 Å². The molecule has 1 fully saturated rings. The van der Waals surface area contributed by atoms with Gasteiger partial charge in [0.05, 0.1) is 25.9 Å². The monoisotopic (exact) mass is 356 g/mol. The third-order valence-corrected chi connectivity index (χ3v) is 4.50. The summed E-state index contributed by atoms with van der Waals surface area (Å²) in [5, 5.41) is 0. The van der Waals surface area contributed by atoms with Crippen LogP contribution < -0.4 is 0 Å². The van der Waals surface area contributed by atoms with E-state index in [2.05, 4.69) is 24.3 Å². The number of hydrogen-bond donors (Lipinski definition) is 0. The van der Waals surface area contributed by atoms with Crippen LogP contribution in [0.3, 0.4) is 0 Å². The van der Waals surface area contributed by atoms with Gasteiger partial charge in [0.2, 0.25) is 0 Å². The maximum Gasteiger partial charge on any atom is 0.163 e. The van der Waals surface area contributed by atoms with Crippen LogP contribution in [0.2, 0.25) is 0 Å². The van der Waals surface area contributed by atoms with E-state index in [1.54, 1.807) is 0 Å². The molecule has 0 bridgehead atoms. The molecule has 0 saturated carbocycles. The molecule has 0 spiro atoms. The van der Waals surface area contributed by atoms with Crippen molar-refractivity contribution < 1.29 is 18.9 Å². The molecule has 2 aromatic rings. The number of hydrogen-bond acceptors (Lipinski definition) is 4. The average Bonchev–Trinajstić information content (AvgIpc) is 3.01. The fourth-order valence-corrected chi connectivity index (χ4v) is 3.09. The highest BCUT2D eigenvalue weighted by atomic mass is 16.8. The van der Waals surface area contributed by atoms with Crippen molar-refractivity contribution in [3.05, 3.63) is 71.8 Å². The van der Waals surface area contributed by atoms with Crippen LogP contribution in [0, 0.1) is 0 Å². The number of rotatable bonds is 8. The molecule has 4 heteroatoms. The smallest absolute Gasteiger partial charge is 0.163 e. The molecule has 1 aliphatic heterocycles. The second-order valence-electron chi connectivity index (χ2n) is 7.13. The molecular formula is C22H28O4. The van der Waals surface area contributed by atoms with E-state index >= 15 is 0 Å². The molecule has 0 aliphatic carbocycles. The quantitative estimate of drug-likeness (QED) is 0.705. The van der Waals surface area contributed by atoms with Gasteiger partial charge in [0, 0.05) is 0 Å². The maximum absolute atomic E-state index is 6.23. The molecule has 0 amide bonds. The van der Waals surface area contributed by atoms with Crippen molar-refractivity contribution in [1.29, 1.82) is 0 Å². The van der Waals surface area contributed by atoms with Crippen LogP contribution in [0.5, 0.6) is 0 Å². The van der Waals surface area contributed by atoms with Crippen LogP contribution in [-0.2, 0) is 32.2 Å². The molecule has 4 nitrogen and oxygen atoms in total. The predicted molar refractivity (Wildman–Crippen MR) is 101 cm³/mol. The summed E-state index contributed by atoms with van der Waals surface area (Å²) in [5.74, 6) is -0.585. The van der Waals surface area contributed by atoms with Gasteiger partial charge < -0.3 is 18.9 Å². The molecule has 0 N–H and O–H groups in total. The van der Waals surface area contributed by atoms with Crippen LogP contribution in [0.4, 0.5) is 0 Å². The van der Waals surface area contributed by atoms with Gasteiger partial charge in [0.25, 0.3) is 0 Å². The van der Waals surface area contributed by atoms with Gasteiger partial charge in [-0.1, -0.05) is 60.7 Å². The molecule has 1 heterocycles. The first kappa shape index (κ1) is 19.1. The lowest BCUT2D eigenvalue weighted by Gasteiger charge is -2.29. The van der Waals surface area contributed by atoms with Crippen LogP contribution in [-0.4, -0.2) is 30.7 Å². The zero-order chi connectivity index (χ0) is 18.4. The second kappa shape index (κ2) is 8.78. The van der Waals surface area contributed by atoms with Crippen LogP contribution in [0.15, 0.2) is 60.7 Å². The summed E-state index contributed by atoms with van der Waals surface area (Å²) < 4.78 is 24.1. The molecule has 0 unspecified atom stereocenters. The zero-order valence-electron chi connectivity index (χ0n) is 15.8. The lowest BCUT2D eigenvalue weighted by Crippen LogP contribution is -2.41. The molecule has 140 valence electrons. The Kier molecular flexibility index (Phi) is 6.43. The Morgan fingerprint density at radius 3 is 1.96 bits per heavy atom. The minimum atomic E-state index is -0.585. The van der Waals surface area contributed by atoms with E-state index in [0.717, 1.165) is 11.1 Å². The molecule has 1 saturated heterocycles. The summed E-state index contributed by atoms with van der Waals surface area (Å²) in [6, 6.07) is 20.3. The first-order valence-corrected chi connectivity index (χ1v) is 9.16. The Morgan fingerprint density at radius 1 is 0.923 bits per heavy atom. The highest BCUT2D eigenvalue weighted by Gasteiger charge is 2.40. The van der Waals surface area contributed by atoms with Crippen molar-refractivity contribution in [1.82, 2.24) is 0 Å². The maximum atomic E-state index is 6.23. The normalized spacial score (nSPS) is 21.4. The Bertz CT molecular complexity index is 656. The molecule has 26 heavy (non-hydrogen) atoms. The van der Waals surface area contributed by atoms with Crippen molar-refractivity contribution in [2.45, 2.75) is 58.1 Å². The summed E-state index contributed by atoms with van der Waals surface area (Å²) in [5.41, 5.74) is 2.27. The third kappa shape index (κ3) is 5.39. The van der Waals surface area contributed by atoms with E-state index in [0.29, 0.717) is 19.8 Å². The predicted octanol–water partition coefficient (Wildman–Crippen LogP) is 4.33. The fourth-order valence-electron chi connectivity index (χ4n) is 3.09. The van der Waals surface area contributed by atoms with Gasteiger partial charge in [-0.15, -0.1) is 0 Å². The molecule has 3 atom stereocenters. The zero-order valence-corrected chi connectivity index (χ0v) is 15.8. The lowest BCUT2D eigenvalue weighted by atomic mass is 10.1. The third-order valence-electron chi connectivity index (χ3n) is 4.50. The molecular weight excluding hydrogens is 328 g/mol. The van der Waals surface area contributed by atoms with Gasteiger partial charge >= 0.3 is 0 Å². The molecule has 1 aliphatic rings. The average molecular weight is 356 g/mol. The largest absolute Gasteiger partial charge is 0.371 e. The highest BCUT2D eigenvalue weighted by molar-refractivity contribution is 5.14. The van der Waals surface area contributed by atoms with Crippen molar-refractivity contribution in [2.75, 3.05) is 6.61 Å². The highest BCUT2D eigenvalue weighted by Crippen LogP contribution is 2.28. The molecule has 2 aromatic carbocycles. The molecule has 3 rings (SSSR count). The Balaban J connectivity index is 1.63. The Morgan fingerprint density at radius 2 is 1.46 bits per heavy atom. The van der Waals surface area contributed by atoms with Gasteiger partial charge in [-0.2, -0.15) is 0 Å². The first-order chi connectivity index (χ1) is 12.5. The summed E-state index contributed by atoms with van der Waals surface area (Å²) in [6.45, 7) is 7.46. The minimum absolute atomic E-state index is 0.124. The minimum Gasteiger partial charge on any atom is -0.371 e. The second-order valence-corrected chi connectivity index (χ2v) is 7.13. The number of benzene rings is 2. The Labute approximate surface area is 156 Å². The summed E-state index contributed by atoms with van der Waals surface area (Å²) in [6.07, 6.45) is -0.485. The van der Waals surface area contributed by atoms with Crippen LogP contribution in [0.25, 0.3) is 0 Å². The van der Waals surface area contributed by atoms with Gasteiger partial charge in [0.1, 0.15) is 12.2 Å². The van der Waals surface area contributed by atoms with Crippen molar-refractivity contribution >= 4 is 0 Å². The standard InChI is InChI=1S/C22H28O4/c1-17(23-14-18-10-6-4-7-11-18)21(20-16-25-22(2,3)26-20)24-15-19-12-8-5-9-13-19/h4-13,17,20-21H,14-16H2,1-3H3/t17-,20-,21+/m1/s1. The van der Waals surface area contributed by atoms with E-state index in [4.69, 9.17) is 18.9 Å². The SMILES string of the molecule is C[C@@H](OCc1ccccc1)[C@H](OCc1ccccc1)[C@H]1COC(C)(C)O1. The summed E-state index contributed by atoms with van der Waals surface area (Å²) >= 11 is 0. The summed E-state index contributed by atoms with van der Waals surface area (Å²) in [7, 11) is 0. The van der Waals surface area contributed by atoms with Crippen molar-refractivity contribution in [3.8, 4) is 0 Å². The van der Waals surface area contributed by atoms with E-state index in [-0.39, 0.29) is 18.3 Å². The molecule has 0 radical (unpaired) electrons. The fraction of sp³-hybridized carbons (Fsp3) is 0.455. The van der Waals surface area contributed by atoms with Gasteiger partial charge in [-0.05, 0) is 31.9 Å². The van der Waals surface area contributed by atoms with E-state index < -0.39 is 5.79 Å². The van der Waals surface area contributed by atoms with Crippen molar-refractivity contribution in [2.24, 2.45) is 0 Å². The lowest BCUT2D eigenvalue weighted by molar-refractivity contribution is -0.177. The van der Waals surface area contributed by atoms with Gasteiger partial charge in [-0.25, -0.2) is 0 Å². The number of ether oxygens (including phenoxy) is 4. The van der Waals surface area contributed by atoms with E-state index in [9.17, 15) is 0 Å². The summed E-state index contributed by atoms with van der Waals surface area (Å²) in [4.78, 5) is 0. The van der Waals surface area contributed by atoms with E-state index in [1.807, 2.05) is 57.2 Å². The molecule has 0 aromatic heterocycles. The topological polar surface area (TPSA) is 36.9 Å². The van der Waals surface area contributed by atoms with E-state index in [1.165, 1.54) is 0 Å². The van der Waals surface area contributed by atoms with Crippen LogP contribution >= 0.6 is 0 Å².